The number of nitrogens with two attached hydrogens (primary N) is 2. The van der Waals surface area contributed by atoms with E-state index in [9.17, 15) is 4.79 Å². The molecular formula is C24H20N5OS. The van der Waals surface area contributed by atoms with Crippen LogP contribution < -0.4 is 22.1 Å². The summed E-state index contributed by atoms with van der Waals surface area (Å²) in [4.78, 5) is 16.6. The van der Waals surface area contributed by atoms with Crippen LogP contribution in [0.2, 0.25) is 0 Å². The molecule has 2 aromatic heterocycles. The molecule has 31 heavy (non-hydrogen) atoms. The molecule has 153 valence electrons. The number of benzene rings is 2. The minimum atomic E-state index is -0.326. The van der Waals surface area contributed by atoms with E-state index in [1.165, 1.54) is 0 Å². The molecule has 0 atom stereocenters. The van der Waals surface area contributed by atoms with Crippen LogP contribution in [0.3, 0.4) is 0 Å². The average molecular weight is 427 g/mol. The number of hydrogen-bond donors (Lipinski definition) is 4. The molecule has 6 nitrogen and oxygen atoms in total. The van der Waals surface area contributed by atoms with Gasteiger partial charge in [-0.25, -0.2) is 9.78 Å². The Morgan fingerprint density at radius 1 is 1.13 bits per heavy atom. The van der Waals surface area contributed by atoms with Gasteiger partial charge in [-0.3, -0.25) is 0 Å². The standard InChI is InChI=1S/C24H20N5OS/c1-2-4-17-13-27-23(26)21-20(14-31-22(17)21)16-7-9-18(10-8-16)28-24(30)29-19-6-3-5-15(11-19)12-25/h3,5-11,13-14H,1,12,25H2,(H2,26,27)(H2,28,29,30). The van der Waals surface area contributed by atoms with Gasteiger partial charge in [-0.15, -0.1) is 11.3 Å². The van der Waals surface area contributed by atoms with Crippen molar-refractivity contribution in [3.63, 3.8) is 0 Å². The third-order valence-electron chi connectivity index (χ3n) is 4.72. The molecule has 0 saturated carbocycles. The molecule has 1 radical (unpaired) electrons. The summed E-state index contributed by atoms with van der Waals surface area (Å²) in [5.41, 5.74) is 16.9. The summed E-state index contributed by atoms with van der Waals surface area (Å²) >= 11 is 1.57. The van der Waals surface area contributed by atoms with E-state index in [0.29, 0.717) is 23.7 Å². The summed E-state index contributed by atoms with van der Waals surface area (Å²) in [5, 5.41) is 8.56. The molecule has 2 heterocycles. The predicted octanol–water partition coefficient (Wildman–Crippen LogP) is 4.83. The van der Waals surface area contributed by atoms with E-state index < -0.39 is 0 Å². The second-order valence-electron chi connectivity index (χ2n) is 6.77. The number of aromatic nitrogens is 1. The maximum Gasteiger partial charge on any atom is 0.323 e. The monoisotopic (exact) mass is 426 g/mol. The number of fused-ring (bicyclic) bond motifs is 1. The third kappa shape index (κ3) is 4.36. The highest BCUT2D eigenvalue weighted by Crippen LogP contribution is 2.38. The Morgan fingerprint density at radius 2 is 1.90 bits per heavy atom. The summed E-state index contributed by atoms with van der Waals surface area (Å²) in [6.45, 7) is 4.00. The van der Waals surface area contributed by atoms with Gasteiger partial charge < -0.3 is 22.1 Å². The maximum atomic E-state index is 12.3. The van der Waals surface area contributed by atoms with E-state index in [1.54, 1.807) is 17.5 Å². The fraction of sp³-hybridized carbons (Fsp3) is 0.0417. The Balaban J connectivity index is 1.54. The maximum absolute atomic E-state index is 12.3. The molecular weight excluding hydrogens is 406 g/mol. The highest BCUT2D eigenvalue weighted by Gasteiger charge is 2.13. The van der Waals surface area contributed by atoms with E-state index in [-0.39, 0.29) is 6.03 Å². The van der Waals surface area contributed by atoms with Gasteiger partial charge >= 0.3 is 6.03 Å². The van der Waals surface area contributed by atoms with Gasteiger partial charge in [0, 0.05) is 42.0 Å². The van der Waals surface area contributed by atoms with E-state index in [1.807, 2.05) is 53.9 Å². The molecule has 6 N–H and O–H groups in total. The molecule has 4 aromatic rings. The number of rotatable bonds is 4. The third-order valence-corrected chi connectivity index (χ3v) is 5.74. The van der Waals surface area contributed by atoms with Crippen molar-refractivity contribution >= 4 is 44.6 Å². The number of carbonyl (C=O) groups excluding carboxylic acids is 1. The number of carbonyl (C=O) groups is 1. The molecule has 0 saturated heterocycles. The van der Waals surface area contributed by atoms with E-state index in [4.69, 9.17) is 11.5 Å². The number of amides is 2. The van der Waals surface area contributed by atoms with Gasteiger partial charge in [-0.1, -0.05) is 36.1 Å². The van der Waals surface area contributed by atoms with Crippen LogP contribution in [0.5, 0.6) is 0 Å². The lowest BCUT2D eigenvalue weighted by atomic mass is 10.0. The molecule has 0 unspecified atom stereocenters. The molecule has 0 aliphatic rings. The summed E-state index contributed by atoms with van der Waals surface area (Å²) in [6, 6.07) is 14.7. The van der Waals surface area contributed by atoms with Crippen LogP contribution in [0.15, 0.2) is 60.1 Å². The van der Waals surface area contributed by atoms with Gasteiger partial charge in [0.25, 0.3) is 0 Å². The summed E-state index contributed by atoms with van der Waals surface area (Å²) < 4.78 is 0.986. The smallest absolute Gasteiger partial charge is 0.323 e. The van der Waals surface area contributed by atoms with Crippen molar-refractivity contribution < 1.29 is 4.79 Å². The van der Waals surface area contributed by atoms with Gasteiger partial charge in [0.15, 0.2) is 0 Å². The first-order valence-electron chi connectivity index (χ1n) is 9.50. The Hall–Kier alpha value is -3.86. The Morgan fingerprint density at radius 3 is 2.65 bits per heavy atom. The topological polar surface area (TPSA) is 106 Å². The fourth-order valence-electron chi connectivity index (χ4n) is 3.27. The van der Waals surface area contributed by atoms with Crippen LogP contribution in [0.1, 0.15) is 11.1 Å². The first kappa shape index (κ1) is 20.4. The van der Waals surface area contributed by atoms with Crippen molar-refractivity contribution in [1.82, 2.24) is 4.98 Å². The number of anilines is 3. The minimum Gasteiger partial charge on any atom is -0.383 e. The number of nitrogens with zero attached hydrogens (tertiary/aromatic N) is 1. The summed E-state index contributed by atoms with van der Waals surface area (Å²) in [7, 11) is 0. The van der Waals surface area contributed by atoms with Crippen LogP contribution in [-0.2, 0) is 6.54 Å². The Labute approximate surface area is 184 Å². The molecule has 0 spiro atoms. The van der Waals surface area contributed by atoms with Gasteiger partial charge in [-0.05, 0) is 40.8 Å². The zero-order chi connectivity index (χ0) is 21.8. The fourth-order valence-corrected chi connectivity index (χ4v) is 4.32. The predicted molar refractivity (Wildman–Crippen MR) is 129 cm³/mol. The van der Waals surface area contributed by atoms with Crippen LogP contribution in [0.25, 0.3) is 21.2 Å². The SMILES string of the molecule is [CH2]C#Cc1cnc(N)c2c(-c3ccc(NC(=O)Nc4cccc(CN)c4)cc3)csc12. The van der Waals surface area contributed by atoms with Gasteiger partial charge in [0.2, 0.25) is 0 Å². The van der Waals surface area contributed by atoms with Gasteiger partial charge in [0.05, 0.1) is 10.3 Å². The van der Waals surface area contributed by atoms with Gasteiger partial charge in [0.1, 0.15) is 5.82 Å². The molecule has 2 aromatic carbocycles. The number of nitrogens with one attached hydrogen (secondary N) is 2. The van der Waals surface area contributed by atoms with Crippen LogP contribution in [0.4, 0.5) is 22.0 Å². The van der Waals surface area contributed by atoms with Crippen molar-refractivity contribution in [2.75, 3.05) is 16.4 Å². The largest absolute Gasteiger partial charge is 0.383 e. The first-order valence-corrected chi connectivity index (χ1v) is 10.4. The molecule has 4 rings (SSSR count). The van der Waals surface area contributed by atoms with Crippen LogP contribution in [-0.4, -0.2) is 11.0 Å². The number of pyridine rings is 1. The average Bonchev–Trinajstić information content (AvgIpc) is 3.23. The lowest BCUT2D eigenvalue weighted by molar-refractivity contribution is 0.262. The number of nitrogen functional groups attached to an aromatic ring is 1. The number of urea groups is 1. The molecule has 7 heteroatoms. The van der Waals surface area contributed by atoms with Crippen molar-refractivity contribution in [2.24, 2.45) is 5.73 Å². The summed E-state index contributed by atoms with van der Waals surface area (Å²) in [5.74, 6) is 6.10. The van der Waals surface area contributed by atoms with Crippen molar-refractivity contribution in [2.45, 2.75) is 6.54 Å². The summed E-state index contributed by atoms with van der Waals surface area (Å²) in [6.07, 6.45) is 1.67. The zero-order valence-corrected chi connectivity index (χ0v) is 17.4. The van der Waals surface area contributed by atoms with Crippen molar-refractivity contribution in [3.05, 3.63) is 78.2 Å². The van der Waals surface area contributed by atoms with Gasteiger partial charge in [-0.2, -0.15) is 0 Å². The normalized spacial score (nSPS) is 10.4. The van der Waals surface area contributed by atoms with E-state index in [0.717, 1.165) is 32.3 Å². The number of hydrogen-bond acceptors (Lipinski definition) is 5. The second-order valence-corrected chi connectivity index (χ2v) is 7.65. The molecule has 2 amide bonds. The van der Waals surface area contributed by atoms with Crippen LogP contribution >= 0.6 is 11.3 Å². The second kappa shape index (κ2) is 8.88. The molecule has 0 aliphatic heterocycles. The zero-order valence-electron chi connectivity index (χ0n) is 16.6. The Kier molecular flexibility index (Phi) is 5.85. The lowest BCUT2D eigenvalue weighted by Gasteiger charge is -2.09. The highest BCUT2D eigenvalue weighted by atomic mass is 32.1. The van der Waals surface area contributed by atoms with Crippen molar-refractivity contribution in [3.8, 4) is 23.0 Å². The van der Waals surface area contributed by atoms with Crippen LogP contribution in [0, 0.1) is 18.8 Å². The van der Waals surface area contributed by atoms with E-state index >= 15 is 0 Å². The quantitative estimate of drug-likeness (QED) is 0.351. The minimum absolute atomic E-state index is 0.326. The lowest BCUT2D eigenvalue weighted by Crippen LogP contribution is -2.19. The Bertz CT molecular complexity index is 1320. The van der Waals surface area contributed by atoms with Crippen molar-refractivity contribution in [1.29, 1.82) is 0 Å². The number of thiophene rings is 1. The molecule has 0 fully saturated rings. The highest BCUT2D eigenvalue weighted by molar-refractivity contribution is 7.18. The van der Waals surface area contributed by atoms with E-state index in [2.05, 4.69) is 34.4 Å². The molecule has 0 bridgehead atoms. The first-order chi connectivity index (χ1) is 15.1. The molecule has 0 aliphatic carbocycles.